The lowest BCUT2D eigenvalue weighted by molar-refractivity contribution is -0.118. The van der Waals surface area contributed by atoms with E-state index in [9.17, 15) is 9.59 Å². The average molecular weight is 378 g/mol. The minimum Gasteiger partial charge on any atom is -0.493 e. The molecule has 1 aromatic carbocycles. The van der Waals surface area contributed by atoms with Gasteiger partial charge >= 0.3 is 6.03 Å². The van der Waals surface area contributed by atoms with Gasteiger partial charge in [0.15, 0.2) is 0 Å². The SMILES string of the molecule is O=C1CN(CCCCCCNSc2cccc(OCC3CC3)c2)C(=O)N1. The van der Waals surface area contributed by atoms with Crippen molar-refractivity contribution >= 4 is 23.9 Å². The third kappa shape index (κ3) is 6.53. The van der Waals surface area contributed by atoms with Gasteiger partial charge in [-0.2, -0.15) is 0 Å². The summed E-state index contributed by atoms with van der Waals surface area (Å²) in [5, 5.41) is 2.30. The number of carbonyl (C=O) groups excluding carboxylic acids is 2. The number of nitrogens with one attached hydrogen (secondary N) is 2. The molecule has 142 valence electrons. The van der Waals surface area contributed by atoms with Crippen LogP contribution in [0.5, 0.6) is 5.75 Å². The number of hydrogen-bond acceptors (Lipinski definition) is 5. The summed E-state index contributed by atoms with van der Waals surface area (Å²) in [5.74, 6) is 1.52. The van der Waals surface area contributed by atoms with Crippen molar-refractivity contribution < 1.29 is 14.3 Å². The molecule has 1 aliphatic heterocycles. The van der Waals surface area contributed by atoms with E-state index in [1.807, 2.05) is 12.1 Å². The number of nitrogens with zero attached hydrogens (tertiary/aromatic N) is 1. The molecule has 1 aromatic rings. The normalized spacial score (nSPS) is 16.8. The second-order valence-electron chi connectivity index (χ2n) is 6.91. The maximum atomic E-state index is 11.4. The summed E-state index contributed by atoms with van der Waals surface area (Å²) in [7, 11) is 0. The number of urea groups is 1. The highest BCUT2D eigenvalue weighted by Gasteiger charge is 2.25. The van der Waals surface area contributed by atoms with Crippen molar-refractivity contribution in [1.29, 1.82) is 0 Å². The molecule has 6 nitrogen and oxygen atoms in total. The van der Waals surface area contributed by atoms with Gasteiger partial charge in [0.1, 0.15) is 12.3 Å². The molecule has 0 aromatic heterocycles. The lowest BCUT2D eigenvalue weighted by Crippen LogP contribution is -2.29. The van der Waals surface area contributed by atoms with E-state index in [4.69, 9.17) is 4.74 Å². The number of amides is 3. The predicted octanol–water partition coefficient (Wildman–Crippen LogP) is 3.18. The Balaban J connectivity index is 1.20. The lowest BCUT2D eigenvalue weighted by atomic mass is 10.2. The van der Waals surface area contributed by atoms with Crippen LogP contribution in [-0.4, -0.2) is 43.1 Å². The lowest BCUT2D eigenvalue weighted by Gasteiger charge is -2.12. The summed E-state index contributed by atoms with van der Waals surface area (Å²) in [5.41, 5.74) is 0. The first kappa shape index (κ1) is 19.0. The molecule has 1 heterocycles. The van der Waals surface area contributed by atoms with Gasteiger partial charge in [-0.25, -0.2) is 4.79 Å². The molecule has 0 spiro atoms. The predicted molar refractivity (Wildman–Crippen MR) is 102 cm³/mol. The van der Waals surface area contributed by atoms with Crippen LogP contribution in [0.4, 0.5) is 4.79 Å². The van der Waals surface area contributed by atoms with E-state index in [-0.39, 0.29) is 18.5 Å². The van der Waals surface area contributed by atoms with Crippen molar-refractivity contribution in [2.75, 3.05) is 26.2 Å². The molecule has 1 aliphatic carbocycles. The van der Waals surface area contributed by atoms with Crippen LogP contribution >= 0.6 is 11.9 Å². The summed E-state index contributed by atoms with van der Waals surface area (Å²) in [4.78, 5) is 25.2. The Morgan fingerprint density at radius 2 is 2.04 bits per heavy atom. The minimum absolute atomic E-state index is 0.196. The maximum absolute atomic E-state index is 11.4. The Hall–Kier alpha value is -1.73. The fourth-order valence-corrected chi connectivity index (χ4v) is 3.51. The van der Waals surface area contributed by atoms with Gasteiger partial charge in [-0.05, 0) is 61.7 Å². The van der Waals surface area contributed by atoms with Gasteiger partial charge in [0, 0.05) is 18.0 Å². The largest absolute Gasteiger partial charge is 0.493 e. The molecule has 0 bridgehead atoms. The summed E-state index contributed by atoms with van der Waals surface area (Å²) in [6, 6.07) is 7.97. The second kappa shape index (κ2) is 9.83. The van der Waals surface area contributed by atoms with Crippen molar-refractivity contribution in [1.82, 2.24) is 14.9 Å². The second-order valence-corrected chi connectivity index (χ2v) is 7.88. The highest BCUT2D eigenvalue weighted by atomic mass is 32.2. The maximum Gasteiger partial charge on any atom is 0.324 e. The third-order valence-corrected chi connectivity index (χ3v) is 5.34. The quantitative estimate of drug-likeness (QED) is 0.333. The first-order valence-corrected chi connectivity index (χ1v) is 10.2. The summed E-state index contributed by atoms with van der Waals surface area (Å²) in [6.07, 6.45) is 6.82. The Kier molecular flexibility index (Phi) is 7.20. The van der Waals surface area contributed by atoms with Crippen LogP contribution in [0.15, 0.2) is 29.2 Å². The number of imide groups is 1. The molecule has 2 N–H and O–H groups in total. The molecular formula is C19H27N3O3S. The van der Waals surface area contributed by atoms with Gasteiger partial charge in [-0.3, -0.25) is 14.8 Å². The highest BCUT2D eigenvalue weighted by molar-refractivity contribution is 7.97. The van der Waals surface area contributed by atoms with Crippen molar-refractivity contribution in [3.8, 4) is 5.75 Å². The topological polar surface area (TPSA) is 70.7 Å². The van der Waals surface area contributed by atoms with Crippen LogP contribution in [0.1, 0.15) is 38.5 Å². The standard InChI is InChI=1S/C19H27N3O3S/c23-18-13-22(19(24)21-18)11-4-2-1-3-10-20-26-17-7-5-6-16(12-17)25-14-15-8-9-15/h5-7,12,15,20H,1-4,8-11,13-14H2,(H,21,23,24). The number of hydrogen-bond donors (Lipinski definition) is 2. The molecule has 7 heteroatoms. The molecule has 26 heavy (non-hydrogen) atoms. The number of rotatable bonds is 12. The minimum atomic E-state index is -0.253. The van der Waals surface area contributed by atoms with Crippen molar-refractivity contribution in [2.24, 2.45) is 5.92 Å². The zero-order valence-corrected chi connectivity index (χ0v) is 15.9. The molecule has 0 atom stereocenters. The molecule has 3 rings (SSSR count). The molecule has 0 radical (unpaired) electrons. The zero-order chi connectivity index (χ0) is 18.2. The molecule has 1 saturated heterocycles. The molecule has 2 aliphatic rings. The Labute approximate surface area is 159 Å². The van der Waals surface area contributed by atoms with E-state index in [0.717, 1.165) is 50.5 Å². The van der Waals surface area contributed by atoms with Gasteiger partial charge < -0.3 is 9.64 Å². The molecule has 2 fully saturated rings. The Bertz CT molecular complexity index is 622. The smallest absolute Gasteiger partial charge is 0.324 e. The number of benzene rings is 1. The molecule has 0 unspecified atom stereocenters. The van der Waals surface area contributed by atoms with Gasteiger partial charge in [-0.15, -0.1) is 0 Å². The van der Waals surface area contributed by atoms with Crippen LogP contribution in [0.2, 0.25) is 0 Å². The van der Waals surface area contributed by atoms with Crippen LogP contribution in [0.25, 0.3) is 0 Å². The van der Waals surface area contributed by atoms with E-state index < -0.39 is 0 Å². The summed E-state index contributed by atoms with van der Waals surface area (Å²) >= 11 is 1.64. The van der Waals surface area contributed by atoms with Gasteiger partial charge in [0.05, 0.1) is 6.61 Å². The van der Waals surface area contributed by atoms with E-state index in [0.29, 0.717) is 6.54 Å². The molecule has 3 amide bonds. The fraction of sp³-hybridized carbons (Fsp3) is 0.579. The highest BCUT2D eigenvalue weighted by Crippen LogP contribution is 2.30. The van der Waals surface area contributed by atoms with E-state index in [1.165, 1.54) is 17.7 Å². The third-order valence-electron chi connectivity index (χ3n) is 4.50. The van der Waals surface area contributed by atoms with Gasteiger partial charge in [0.2, 0.25) is 5.91 Å². The number of unbranched alkanes of at least 4 members (excludes halogenated alkanes) is 3. The van der Waals surface area contributed by atoms with E-state index in [1.54, 1.807) is 16.8 Å². The number of ether oxygens (including phenoxy) is 1. The summed E-state index contributed by atoms with van der Waals surface area (Å²) < 4.78 is 9.20. The van der Waals surface area contributed by atoms with Crippen LogP contribution < -0.4 is 14.8 Å². The monoisotopic (exact) mass is 377 g/mol. The molecule has 1 saturated carbocycles. The Morgan fingerprint density at radius 1 is 1.19 bits per heavy atom. The van der Waals surface area contributed by atoms with Crippen molar-refractivity contribution in [3.05, 3.63) is 24.3 Å². The zero-order valence-electron chi connectivity index (χ0n) is 15.0. The fourth-order valence-electron chi connectivity index (χ4n) is 2.78. The van der Waals surface area contributed by atoms with Gasteiger partial charge in [-0.1, -0.05) is 18.9 Å². The van der Waals surface area contributed by atoms with Gasteiger partial charge in [0.25, 0.3) is 0 Å². The average Bonchev–Trinajstić information content (AvgIpc) is 3.40. The summed E-state index contributed by atoms with van der Waals surface area (Å²) in [6.45, 7) is 2.66. The first-order valence-electron chi connectivity index (χ1n) is 9.42. The first-order chi connectivity index (χ1) is 12.7. The molecular weight excluding hydrogens is 350 g/mol. The van der Waals surface area contributed by atoms with Crippen molar-refractivity contribution in [2.45, 2.75) is 43.4 Å². The van der Waals surface area contributed by atoms with Crippen molar-refractivity contribution in [3.63, 3.8) is 0 Å². The number of carbonyl (C=O) groups is 2. The van der Waals surface area contributed by atoms with E-state index >= 15 is 0 Å². The Morgan fingerprint density at radius 3 is 2.81 bits per heavy atom. The van der Waals surface area contributed by atoms with Crippen LogP contribution in [0, 0.1) is 5.92 Å². The van der Waals surface area contributed by atoms with E-state index in [2.05, 4.69) is 22.2 Å². The van der Waals surface area contributed by atoms with Crippen LogP contribution in [0.3, 0.4) is 0 Å². The van der Waals surface area contributed by atoms with Crippen LogP contribution in [-0.2, 0) is 4.79 Å².